The number of carbonyl (C=O) groups is 4. The molecule has 0 radical (unpaired) electrons. The molecule has 4 aromatic carbocycles. The first kappa shape index (κ1) is 30.2. The quantitative estimate of drug-likeness (QED) is 0.142. The fourth-order valence-corrected chi connectivity index (χ4v) is 8.43. The zero-order valence-corrected chi connectivity index (χ0v) is 26.6. The molecule has 8 rings (SSSR count). The number of carbonyl (C=O) groups excluding carboxylic acids is 4. The lowest BCUT2D eigenvalue weighted by Crippen LogP contribution is -2.57. The highest BCUT2D eigenvalue weighted by Gasteiger charge is 2.73. The summed E-state index contributed by atoms with van der Waals surface area (Å²) in [5.74, 6) is -4.17. The van der Waals surface area contributed by atoms with Crippen molar-refractivity contribution in [2.24, 2.45) is 11.8 Å². The molecule has 0 unspecified atom stereocenters. The third-order valence-electron chi connectivity index (χ3n) is 9.24. The van der Waals surface area contributed by atoms with Crippen molar-refractivity contribution in [1.82, 2.24) is 4.90 Å². The van der Waals surface area contributed by atoms with Gasteiger partial charge in [-0.05, 0) is 65.9 Å². The van der Waals surface area contributed by atoms with Gasteiger partial charge in [0.15, 0.2) is 0 Å². The molecule has 1 aliphatic heterocycles. The van der Waals surface area contributed by atoms with Crippen molar-refractivity contribution in [1.29, 1.82) is 0 Å². The van der Waals surface area contributed by atoms with Gasteiger partial charge in [0.25, 0.3) is 0 Å². The second-order valence-corrected chi connectivity index (χ2v) is 13.4. The third kappa shape index (κ3) is 4.40. The van der Waals surface area contributed by atoms with Crippen LogP contribution in [0.25, 0.3) is 0 Å². The van der Waals surface area contributed by atoms with Gasteiger partial charge in [0.1, 0.15) is 15.8 Å². The fraction of sp³-hybridized carbons (Fsp3) is 0.243. The lowest BCUT2D eigenvalue weighted by Gasteiger charge is -2.54. The van der Waals surface area contributed by atoms with Crippen LogP contribution < -0.4 is 5.32 Å². The number of halogens is 2. The van der Waals surface area contributed by atoms with E-state index in [-0.39, 0.29) is 12.5 Å². The smallest absolute Gasteiger partial charge is 0.338 e. The maximum Gasteiger partial charge on any atom is 0.338 e. The molecule has 0 spiro atoms. The Hall–Kier alpha value is -4.46. The molecule has 1 heterocycles. The van der Waals surface area contributed by atoms with Gasteiger partial charge in [0.05, 0.1) is 23.5 Å². The molecule has 2 bridgehead atoms. The van der Waals surface area contributed by atoms with Crippen LogP contribution in [0, 0.1) is 11.8 Å². The summed E-state index contributed by atoms with van der Waals surface area (Å²) < 4.78 is 5.26. The number of hydrogen-bond acceptors (Lipinski definition) is 5. The summed E-state index contributed by atoms with van der Waals surface area (Å²) in [6.07, 6.45) is -0.202. The number of likely N-dealkylation sites (tertiary alicyclic amines) is 1. The van der Waals surface area contributed by atoms with Crippen molar-refractivity contribution in [3.63, 3.8) is 0 Å². The monoisotopic (exact) mass is 652 g/mol. The summed E-state index contributed by atoms with van der Waals surface area (Å²) >= 11 is 15.2. The van der Waals surface area contributed by atoms with E-state index in [9.17, 15) is 19.2 Å². The first-order valence-electron chi connectivity index (χ1n) is 15.2. The lowest BCUT2D eigenvalue weighted by atomic mass is 9.54. The SMILES string of the molecule is CC(C)OC(=O)c1ccc(NC(=O)[C@H](Cc2ccccc2)N2C(=O)[C@@H]3[C@@H](C2=O)C2(Cl)c4ccccc4C3(Cl)c3ccccc32)cc1. The molecule has 46 heavy (non-hydrogen) atoms. The van der Waals surface area contributed by atoms with Gasteiger partial charge < -0.3 is 10.1 Å². The standard InChI is InChI=1S/C37H30Cl2N2O5/c1-21(2)46-35(45)23-16-18-24(19-17-23)40-32(42)29(20-22-10-4-3-5-11-22)41-33(43)30-31(34(41)44)37(39)26-13-7-6-12-25(26)36(30,38)27-14-8-9-15-28(27)37/h3-19,21,29-31H,20H2,1-2H3,(H,40,42)/t29-,30-,31-,36?,37?/m0/s1. The Morgan fingerprint density at radius 1 is 0.739 bits per heavy atom. The molecule has 9 heteroatoms. The van der Waals surface area contributed by atoms with Gasteiger partial charge >= 0.3 is 5.97 Å². The predicted molar refractivity (Wildman–Crippen MR) is 175 cm³/mol. The van der Waals surface area contributed by atoms with Gasteiger partial charge in [0, 0.05) is 12.1 Å². The van der Waals surface area contributed by atoms with Crippen molar-refractivity contribution in [2.75, 3.05) is 5.32 Å². The van der Waals surface area contributed by atoms with E-state index in [0.717, 1.165) is 10.5 Å². The molecule has 3 atom stereocenters. The molecule has 1 fully saturated rings. The Labute approximate surface area is 276 Å². The Morgan fingerprint density at radius 3 is 1.65 bits per heavy atom. The highest BCUT2D eigenvalue weighted by molar-refractivity contribution is 6.36. The van der Waals surface area contributed by atoms with Crippen LogP contribution in [0.4, 0.5) is 5.69 Å². The van der Waals surface area contributed by atoms with E-state index in [0.29, 0.717) is 33.5 Å². The molecule has 3 amide bonds. The van der Waals surface area contributed by atoms with Crippen molar-refractivity contribution < 1.29 is 23.9 Å². The van der Waals surface area contributed by atoms with Crippen LogP contribution in [0.15, 0.2) is 103 Å². The number of imide groups is 1. The van der Waals surface area contributed by atoms with Gasteiger partial charge in [-0.2, -0.15) is 0 Å². The highest BCUT2D eigenvalue weighted by Crippen LogP contribution is 2.69. The van der Waals surface area contributed by atoms with Crippen LogP contribution in [0.3, 0.4) is 0 Å². The van der Waals surface area contributed by atoms with Gasteiger partial charge in [-0.3, -0.25) is 19.3 Å². The molecule has 0 aromatic heterocycles. The Bertz CT molecular complexity index is 1770. The highest BCUT2D eigenvalue weighted by atomic mass is 35.5. The summed E-state index contributed by atoms with van der Waals surface area (Å²) in [7, 11) is 0. The van der Waals surface area contributed by atoms with Crippen LogP contribution >= 0.6 is 23.2 Å². The number of rotatable bonds is 7. The van der Waals surface area contributed by atoms with Crippen molar-refractivity contribution in [3.8, 4) is 0 Å². The van der Waals surface area contributed by atoms with Gasteiger partial charge in [0.2, 0.25) is 17.7 Å². The van der Waals surface area contributed by atoms with E-state index >= 15 is 0 Å². The molecule has 1 N–H and O–H groups in total. The fourth-order valence-electron chi connectivity index (χ4n) is 7.33. The molecule has 7 nitrogen and oxygen atoms in total. The maximum atomic E-state index is 14.6. The van der Waals surface area contributed by atoms with E-state index in [4.69, 9.17) is 27.9 Å². The van der Waals surface area contributed by atoms with Crippen molar-refractivity contribution in [3.05, 3.63) is 137 Å². The summed E-state index contributed by atoms with van der Waals surface area (Å²) in [4.78, 5) is 54.1. The lowest BCUT2D eigenvalue weighted by molar-refractivity contribution is -0.146. The number of anilines is 1. The number of esters is 1. The van der Waals surface area contributed by atoms with Crippen molar-refractivity contribution in [2.45, 2.75) is 42.2 Å². The first-order valence-corrected chi connectivity index (χ1v) is 15.9. The normalized spacial score (nSPS) is 24.7. The number of benzene rings is 4. The largest absolute Gasteiger partial charge is 0.459 e. The minimum absolute atomic E-state index is 0.0762. The zero-order chi connectivity index (χ0) is 32.4. The summed E-state index contributed by atoms with van der Waals surface area (Å²) in [5, 5.41) is 2.86. The second kappa shape index (κ2) is 11.1. The number of nitrogens with one attached hydrogen (secondary N) is 1. The molecule has 0 saturated carbocycles. The topological polar surface area (TPSA) is 92.8 Å². The van der Waals surface area contributed by atoms with Crippen LogP contribution in [-0.2, 0) is 35.3 Å². The number of ether oxygens (including phenoxy) is 1. The minimum atomic E-state index is -1.36. The third-order valence-corrected chi connectivity index (χ3v) is 10.5. The average Bonchev–Trinajstić information content (AvgIpc) is 3.33. The van der Waals surface area contributed by atoms with Crippen molar-refractivity contribution >= 4 is 52.6 Å². The van der Waals surface area contributed by atoms with E-state index in [1.807, 2.05) is 78.9 Å². The maximum absolute atomic E-state index is 14.6. The molecule has 4 aliphatic rings. The molecular formula is C37H30Cl2N2O5. The molecule has 232 valence electrons. The minimum Gasteiger partial charge on any atom is -0.459 e. The van der Waals surface area contributed by atoms with Crippen LogP contribution in [0.2, 0.25) is 0 Å². The van der Waals surface area contributed by atoms with Crippen LogP contribution in [0.1, 0.15) is 52.0 Å². The summed E-state index contributed by atoms with van der Waals surface area (Å²) in [5.41, 5.74) is 4.24. The Balaban J connectivity index is 1.28. The predicted octanol–water partition coefficient (Wildman–Crippen LogP) is 6.39. The Kier molecular flexibility index (Phi) is 7.29. The molecule has 3 aliphatic carbocycles. The van der Waals surface area contributed by atoms with Gasteiger partial charge in [-0.1, -0.05) is 78.9 Å². The number of alkyl halides is 2. The molecular weight excluding hydrogens is 623 g/mol. The summed E-state index contributed by atoms with van der Waals surface area (Å²) in [6, 6.07) is 29.1. The van der Waals surface area contributed by atoms with Gasteiger partial charge in [-0.25, -0.2) is 4.79 Å². The number of nitrogens with zero attached hydrogens (tertiary/aromatic N) is 1. The van der Waals surface area contributed by atoms with E-state index < -0.39 is 51.3 Å². The van der Waals surface area contributed by atoms with E-state index in [1.54, 1.807) is 38.1 Å². The van der Waals surface area contributed by atoms with Crippen LogP contribution in [0.5, 0.6) is 0 Å². The van der Waals surface area contributed by atoms with Crippen LogP contribution in [-0.4, -0.2) is 40.7 Å². The Morgan fingerprint density at radius 2 is 1.20 bits per heavy atom. The first-order chi connectivity index (χ1) is 22.1. The zero-order valence-electron chi connectivity index (χ0n) is 25.1. The average molecular weight is 654 g/mol. The summed E-state index contributed by atoms with van der Waals surface area (Å²) in [6.45, 7) is 3.52. The van der Waals surface area contributed by atoms with E-state index in [1.165, 1.54) is 0 Å². The molecule has 1 saturated heterocycles. The van der Waals surface area contributed by atoms with E-state index in [2.05, 4.69) is 5.32 Å². The number of amides is 3. The van der Waals surface area contributed by atoms with Gasteiger partial charge in [-0.15, -0.1) is 23.2 Å². The number of hydrogen-bond donors (Lipinski definition) is 1. The second-order valence-electron chi connectivity index (χ2n) is 12.2. The molecule has 4 aromatic rings.